The van der Waals surface area contributed by atoms with Crippen LogP contribution < -0.4 is 10.0 Å². The number of halogens is 1. The molecule has 3 heterocycles. The second-order valence-corrected chi connectivity index (χ2v) is 12.6. The van der Waals surface area contributed by atoms with Gasteiger partial charge in [0.2, 0.25) is 10.0 Å². The van der Waals surface area contributed by atoms with Crippen LogP contribution in [0.2, 0.25) is 0 Å². The van der Waals surface area contributed by atoms with Crippen LogP contribution in [-0.2, 0) is 16.4 Å². The van der Waals surface area contributed by atoms with Crippen molar-refractivity contribution in [1.29, 1.82) is 0 Å². The first kappa shape index (κ1) is 25.6. The summed E-state index contributed by atoms with van der Waals surface area (Å²) in [6, 6.07) is 4.27. The molecule has 0 saturated carbocycles. The van der Waals surface area contributed by atoms with Gasteiger partial charge in [-0.05, 0) is 67.6 Å². The number of rotatable bonds is 10. The molecule has 7 nitrogen and oxygen atoms in total. The Morgan fingerprint density at radius 2 is 1.94 bits per heavy atom. The molecule has 0 radical (unpaired) electrons. The van der Waals surface area contributed by atoms with Gasteiger partial charge in [0.05, 0.1) is 5.69 Å². The van der Waals surface area contributed by atoms with Crippen LogP contribution >= 0.6 is 27.3 Å². The monoisotopic (exact) mass is 543 g/mol. The Morgan fingerprint density at radius 3 is 2.56 bits per heavy atom. The van der Waals surface area contributed by atoms with Gasteiger partial charge in [0.1, 0.15) is 4.90 Å². The first-order valence-corrected chi connectivity index (χ1v) is 14.1. The molecule has 0 spiro atoms. The van der Waals surface area contributed by atoms with Gasteiger partial charge >= 0.3 is 0 Å². The predicted molar refractivity (Wildman–Crippen MR) is 136 cm³/mol. The lowest BCUT2D eigenvalue weighted by Crippen LogP contribution is -2.58. The van der Waals surface area contributed by atoms with Gasteiger partial charge in [-0.3, -0.25) is 14.8 Å². The summed E-state index contributed by atoms with van der Waals surface area (Å²) in [5.74, 6) is 0. The summed E-state index contributed by atoms with van der Waals surface area (Å²) in [7, 11) is -3.67. The van der Waals surface area contributed by atoms with Crippen molar-refractivity contribution < 1.29 is 8.42 Å². The van der Waals surface area contributed by atoms with Gasteiger partial charge in [-0.25, -0.2) is 13.1 Å². The molecule has 0 aromatic carbocycles. The van der Waals surface area contributed by atoms with E-state index in [0.29, 0.717) is 31.2 Å². The average molecular weight is 545 g/mol. The highest BCUT2D eigenvalue weighted by molar-refractivity contribution is 9.10. The standard InChI is InChI=1S/C22H34BrN5O2S2/c1-17(2)27-10-12-28(13-11-27)22(3,4)16-25-19-5-8-24-15-21(19)32(29,30)26-9-6-20-18(23)7-14-31-20/h5,7-8,14-15,17,26H,6,9-13,16H2,1-4H3,(H,24,25). The Labute approximate surface area is 204 Å². The van der Waals surface area contributed by atoms with Crippen molar-refractivity contribution >= 4 is 43.0 Å². The molecule has 0 bridgehead atoms. The number of piperazine rings is 1. The zero-order valence-electron chi connectivity index (χ0n) is 19.3. The van der Waals surface area contributed by atoms with Gasteiger partial charge in [0.15, 0.2) is 0 Å². The van der Waals surface area contributed by atoms with Gasteiger partial charge in [-0.15, -0.1) is 11.3 Å². The summed E-state index contributed by atoms with van der Waals surface area (Å²) >= 11 is 5.10. The maximum absolute atomic E-state index is 13.0. The summed E-state index contributed by atoms with van der Waals surface area (Å²) in [4.78, 5) is 10.3. The second kappa shape index (κ2) is 10.9. The fraction of sp³-hybridized carbons (Fsp3) is 0.591. The molecule has 0 amide bonds. The van der Waals surface area contributed by atoms with Crippen LogP contribution in [-0.4, -0.2) is 74.1 Å². The van der Waals surface area contributed by atoms with Crippen LogP contribution in [0.1, 0.15) is 32.6 Å². The first-order valence-electron chi connectivity index (χ1n) is 11.0. The number of nitrogens with one attached hydrogen (secondary N) is 2. The maximum Gasteiger partial charge on any atom is 0.244 e. The lowest BCUT2D eigenvalue weighted by molar-refractivity contribution is 0.0463. The zero-order valence-corrected chi connectivity index (χ0v) is 22.5. The average Bonchev–Trinajstić information content (AvgIpc) is 3.17. The van der Waals surface area contributed by atoms with E-state index in [4.69, 9.17) is 0 Å². The summed E-state index contributed by atoms with van der Waals surface area (Å²) in [5, 5.41) is 5.37. The third-order valence-electron chi connectivity index (χ3n) is 6.02. The highest BCUT2D eigenvalue weighted by Gasteiger charge is 2.31. The van der Waals surface area contributed by atoms with Crippen LogP contribution in [0.15, 0.2) is 39.3 Å². The molecule has 0 unspecified atom stereocenters. The van der Waals surface area contributed by atoms with E-state index in [1.165, 1.54) is 6.20 Å². The molecule has 0 aliphatic carbocycles. The van der Waals surface area contributed by atoms with Crippen LogP contribution in [0.25, 0.3) is 0 Å². The molecule has 2 aromatic heterocycles. The van der Waals surface area contributed by atoms with Crippen LogP contribution in [0.3, 0.4) is 0 Å². The number of hydrogen-bond donors (Lipinski definition) is 2. The number of aromatic nitrogens is 1. The van der Waals surface area contributed by atoms with Gasteiger partial charge in [0, 0.05) is 72.6 Å². The van der Waals surface area contributed by atoms with Gasteiger partial charge in [0.25, 0.3) is 0 Å². The van der Waals surface area contributed by atoms with E-state index in [2.05, 4.69) is 68.4 Å². The van der Waals surface area contributed by atoms with E-state index in [9.17, 15) is 8.42 Å². The highest BCUT2D eigenvalue weighted by Crippen LogP contribution is 2.25. The number of sulfonamides is 1. The molecular formula is C22H34BrN5O2S2. The van der Waals surface area contributed by atoms with E-state index < -0.39 is 10.0 Å². The minimum absolute atomic E-state index is 0.105. The van der Waals surface area contributed by atoms with E-state index in [0.717, 1.165) is 35.5 Å². The van der Waals surface area contributed by atoms with Crippen molar-refractivity contribution in [2.24, 2.45) is 0 Å². The molecule has 1 saturated heterocycles. The fourth-order valence-corrected chi connectivity index (χ4v) is 6.60. The zero-order chi connectivity index (χ0) is 23.4. The quantitative estimate of drug-likeness (QED) is 0.476. The Morgan fingerprint density at radius 1 is 1.22 bits per heavy atom. The Balaban J connectivity index is 1.61. The smallest absolute Gasteiger partial charge is 0.244 e. The van der Waals surface area contributed by atoms with Crippen LogP contribution in [0.5, 0.6) is 0 Å². The minimum Gasteiger partial charge on any atom is -0.382 e. The van der Waals surface area contributed by atoms with Gasteiger partial charge in [-0.1, -0.05) is 0 Å². The fourth-order valence-electron chi connectivity index (χ4n) is 3.89. The Hall–Kier alpha value is -1.04. The number of hydrogen-bond acceptors (Lipinski definition) is 7. The van der Waals surface area contributed by atoms with Crippen molar-refractivity contribution in [3.63, 3.8) is 0 Å². The normalized spacial score (nSPS) is 16.6. The first-order chi connectivity index (χ1) is 15.1. The van der Waals surface area contributed by atoms with Crippen molar-refractivity contribution in [2.75, 3.05) is 44.6 Å². The lowest BCUT2D eigenvalue weighted by atomic mass is 10.0. The van der Waals surface area contributed by atoms with Gasteiger partial charge in [-0.2, -0.15) is 0 Å². The molecule has 2 N–H and O–H groups in total. The van der Waals surface area contributed by atoms with E-state index in [1.54, 1.807) is 23.6 Å². The van der Waals surface area contributed by atoms with Crippen LogP contribution in [0.4, 0.5) is 5.69 Å². The molecule has 0 atom stereocenters. The third-order valence-corrected chi connectivity index (χ3v) is 9.50. The number of pyridine rings is 1. The van der Waals surface area contributed by atoms with Crippen LogP contribution in [0, 0.1) is 0 Å². The minimum atomic E-state index is -3.67. The Kier molecular flexibility index (Phi) is 8.73. The molecule has 3 rings (SSSR count). The SMILES string of the molecule is CC(C)N1CCN(C(C)(C)CNc2ccncc2S(=O)(=O)NCCc2sccc2Br)CC1. The topological polar surface area (TPSA) is 77.6 Å². The molecule has 32 heavy (non-hydrogen) atoms. The van der Waals surface area contributed by atoms with Crippen molar-refractivity contribution in [3.05, 3.63) is 39.3 Å². The number of thiophene rings is 1. The molecule has 178 valence electrons. The summed E-state index contributed by atoms with van der Waals surface area (Å²) < 4.78 is 29.7. The summed E-state index contributed by atoms with van der Waals surface area (Å²) in [6.45, 7) is 14.0. The second-order valence-electron chi connectivity index (χ2n) is 8.99. The molecule has 1 aliphatic heterocycles. The summed E-state index contributed by atoms with van der Waals surface area (Å²) in [5.41, 5.74) is 0.477. The highest BCUT2D eigenvalue weighted by atomic mass is 79.9. The third kappa shape index (κ3) is 6.51. The van der Waals surface area contributed by atoms with E-state index in [-0.39, 0.29) is 10.4 Å². The molecule has 2 aromatic rings. The van der Waals surface area contributed by atoms with Crippen molar-refractivity contribution in [3.8, 4) is 0 Å². The Bertz CT molecular complexity index is 986. The number of nitrogens with zero attached hydrogens (tertiary/aromatic N) is 3. The predicted octanol–water partition coefficient (Wildman–Crippen LogP) is 3.64. The van der Waals surface area contributed by atoms with Gasteiger partial charge < -0.3 is 5.32 Å². The lowest BCUT2D eigenvalue weighted by Gasteiger charge is -2.45. The maximum atomic E-state index is 13.0. The van der Waals surface area contributed by atoms with E-state index in [1.807, 2.05) is 11.4 Å². The molecule has 1 fully saturated rings. The van der Waals surface area contributed by atoms with Crippen molar-refractivity contribution in [2.45, 2.75) is 50.6 Å². The van der Waals surface area contributed by atoms with Crippen molar-refractivity contribution in [1.82, 2.24) is 19.5 Å². The largest absolute Gasteiger partial charge is 0.382 e. The molecular weight excluding hydrogens is 510 g/mol. The summed E-state index contributed by atoms with van der Waals surface area (Å²) in [6.07, 6.45) is 3.68. The van der Waals surface area contributed by atoms with E-state index >= 15 is 0 Å². The number of anilines is 1. The molecule has 1 aliphatic rings. The molecule has 10 heteroatoms.